The minimum Gasteiger partial charge on any atom is -0.449 e. The van der Waals surface area contributed by atoms with Crippen LogP contribution < -0.4 is 5.32 Å². The van der Waals surface area contributed by atoms with Gasteiger partial charge in [-0.05, 0) is 53.4 Å². The Morgan fingerprint density at radius 3 is 2.21 bits per heavy atom. The molecule has 3 aliphatic carbocycles. The van der Waals surface area contributed by atoms with Gasteiger partial charge in [0.05, 0.1) is 18.2 Å². The number of hydrogen-bond donors (Lipinski definition) is 2. The van der Waals surface area contributed by atoms with Crippen molar-refractivity contribution in [2.75, 3.05) is 20.3 Å². The van der Waals surface area contributed by atoms with Crippen LogP contribution in [0.4, 0.5) is 4.79 Å². The fraction of sp³-hybridized carbons (Fsp3) is 0.458. The number of benzene rings is 2. The van der Waals surface area contributed by atoms with Crippen molar-refractivity contribution in [3.05, 3.63) is 59.7 Å². The molecule has 5 heteroatoms. The van der Waals surface area contributed by atoms with E-state index in [-0.39, 0.29) is 24.5 Å². The highest BCUT2D eigenvalue weighted by Gasteiger charge is 2.60. The van der Waals surface area contributed by atoms with Crippen LogP contribution in [0.3, 0.4) is 0 Å². The third-order valence-electron chi connectivity index (χ3n) is 7.10. The van der Waals surface area contributed by atoms with Crippen LogP contribution in [0.25, 0.3) is 11.1 Å². The number of alkyl carbamates (subject to hydrolysis) is 1. The van der Waals surface area contributed by atoms with Crippen molar-refractivity contribution in [3.8, 4) is 11.1 Å². The second-order valence-electron chi connectivity index (χ2n) is 9.01. The number of ether oxygens (including phenoxy) is 2. The van der Waals surface area contributed by atoms with E-state index in [0.29, 0.717) is 6.10 Å². The molecule has 0 radical (unpaired) electrons. The summed E-state index contributed by atoms with van der Waals surface area (Å²) in [6.45, 7) is 0.231. The fourth-order valence-electron chi connectivity index (χ4n) is 5.84. The van der Waals surface area contributed by atoms with Gasteiger partial charge in [0.15, 0.2) is 0 Å². The van der Waals surface area contributed by atoms with Crippen molar-refractivity contribution in [2.45, 2.75) is 43.2 Å². The van der Waals surface area contributed by atoms with Crippen molar-refractivity contribution < 1.29 is 19.4 Å². The summed E-state index contributed by atoms with van der Waals surface area (Å²) < 4.78 is 11.0. The summed E-state index contributed by atoms with van der Waals surface area (Å²) >= 11 is 0. The van der Waals surface area contributed by atoms with Crippen LogP contribution in [-0.2, 0) is 9.47 Å². The van der Waals surface area contributed by atoms with Gasteiger partial charge in [0, 0.05) is 13.0 Å². The average Bonchev–Trinajstić information content (AvgIpc) is 3.01. The molecule has 5 rings (SSSR count). The topological polar surface area (TPSA) is 67.8 Å². The molecule has 0 bridgehead atoms. The third-order valence-corrected chi connectivity index (χ3v) is 7.10. The van der Waals surface area contributed by atoms with E-state index in [9.17, 15) is 9.90 Å². The SMILES string of the molecule is COC1CC2(C1)CC(CO)(NC(=O)OCC1c3ccccc3-c3ccccc31)C2. The van der Waals surface area contributed by atoms with Gasteiger partial charge in [0.1, 0.15) is 6.61 Å². The molecule has 2 aromatic carbocycles. The molecular weight excluding hydrogens is 366 g/mol. The Kier molecular flexibility index (Phi) is 4.41. The van der Waals surface area contributed by atoms with Crippen molar-refractivity contribution in [2.24, 2.45) is 5.41 Å². The second kappa shape index (κ2) is 6.85. The highest BCUT2D eigenvalue weighted by atomic mass is 16.5. The number of rotatable bonds is 5. The monoisotopic (exact) mass is 393 g/mol. The standard InChI is InChI=1S/C24H27NO4/c1-28-16-10-23(11-16)13-24(14-23,15-26)25-22(27)29-12-21-19-8-4-2-6-17(19)18-7-3-5-9-20(18)21/h2-9,16,21,26H,10-15H2,1H3,(H,25,27). The maximum Gasteiger partial charge on any atom is 0.407 e. The molecule has 0 atom stereocenters. The zero-order valence-electron chi connectivity index (χ0n) is 16.7. The van der Waals surface area contributed by atoms with Crippen molar-refractivity contribution in [1.82, 2.24) is 5.32 Å². The first-order chi connectivity index (χ1) is 14.1. The lowest BCUT2D eigenvalue weighted by atomic mass is 9.47. The normalized spacial score (nSPS) is 29.5. The first-order valence-corrected chi connectivity index (χ1v) is 10.3. The molecule has 2 N–H and O–H groups in total. The second-order valence-corrected chi connectivity index (χ2v) is 9.01. The molecule has 152 valence electrons. The summed E-state index contributed by atoms with van der Waals surface area (Å²) in [4.78, 5) is 12.6. The van der Waals surface area contributed by atoms with E-state index in [1.807, 2.05) is 24.3 Å². The van der Waals surface area contributed by atoms with Crippen molar-refractivity contribution >= 4 is 6.09 Å². The number of carbonyl (C=O) groups excluding carboxylic acids is 1. The van der Waals surface area contributed by atoms with Crippen LogP contribution in [0.1, 0.15) is 42.7 Å². The third kappa shape index (κ3) is 3.04. The Bertz CT molecular complexity index is 880. The minimum atomic E-state index is -0.554. The van der Waals surface area contributed by atoms with Crippen LogP contribution in [-0.4, -0.2) is 43.2 Å². The van der Waals surface area contributed by atoms with Gasteiger partial charge in [0.25, 0.3) is 0 Å². The van der Waals surface area contributed by atoms with E-state index in [2.05, 4.69) is 29.6 Å². The summed E-state index contributed by atoms with van der Waals surface area (Å²) in [6, 6.07) is 16.6. The number of carbonyl (C=O) groups is 1. The molecule has 29 heavy (non-hydrogen) atoms. The molecule has 0 aliphatic heterocycles. The summed E-state index contributed by atoms with van der Waals surface area (Å²) in [5.41, 5.74) is 4.48. The average molecular weight is 393 g/mol. The highest BCUT2D eigenvalue weighted by Crippen LogP contribution is 2.61. The van der Waals surface area contributed by atoms with E-state index in [0.717, 1.165) is 25.7 Å². The van der Waals surface area contributed by atoms with Crippen LogP contribution in [0.2, 0.25) is 0 Å². The quantitative estimate of drug-likeness (QED) is 0.810. The smallest absolute Gasteiger partial charge is 0.407 e. The summed E-state index contributed by atoms with van der Waals surface area (Å²) in [5.74, 6) is 0.0417. The number of amides is 1. The van der Waals surface area contributed by atoms with Gasteiger partial charge in [-0.2, -0.15) is 0 Å². The molecule has 1 amide bonds. The summed E-state index contributed by atoms with van der Waals surface area (Å²) in [6.07, 6.45) is 3.48. The highest BCUT2D eigenvalue weighted by molar-refractivity contribution is 5.79. The maximum absolute atomic E-state index is 12.6. The maximum atomic E-state index is 12.6. The zero-order chi connectivity index (χ0) is 20.1. The molecule has 1 spiro atoms. The lowest BCUT2D eigenvalue weighted by Crippen LogP contribution is -2.68. The Morgan fingerprint density at radius 1 is 1.07 bits per heavy atom. The largest absolute Gasteiger partial charge is 0.449 e. The number of aliphatic hydroxyl groups is 1. The van der Waals surface area contributed by atoms with Crippen molar-refractivity contribution in [3.63, 3.8) is 0 Å². The van der Waals surface area contributed by atoms with Gasteiger partial charge < -0.3 is 19.9 Å². The van der Waals surface area contributed by atoms with Crippen LogP contribution >= 0.6 is 0 Å². The molecule has 0 unspecified atom stereocenters. The molecule has 0 heterocycles. The predicted octanol–water partition coefficient (Wildman–Crippen LogP) is 3.85. The number of nitrogens with one attached hydrogen (secondary N) is 1. The Labute approximate surface area is 171 Å². The number of aliphatic hydroxyl groups excluding tert-OH is 1. The Morgan fingerprint density at radius 2 is 1.66 bits per heavy atom. The number of fused-ring (bicyclic) bond motifs is 3. The van der Waals surface area contributed by atoms with Gasteiger partial charge in [-0.1, -0.05) is 48.5 Å². The van der Waals surface area contributed by atoms with E-state index in [1.165, 1.54) is 22.3 Å². The summed E-state index contributed by atoms with van der Waals surface area (Å²) in [5, 5.41) is 12.9. The number of methoxy groups -OCH3 is 1. The molecule has 3 aliphatic rings. The first-order valence-electron chi connectivity index (χ1n) is 10.3. The minimum absolute atomic E-state index is 0.0417. The zero-order valence-corrected chi connectivity index (χ0v) is 16.7. The van der Waals surface area contributed by atoms with Gasteiger partial charge in [-0.25, -0.2) is 4.79 Å². The molecule has 0 saturated heterocycles. The lowest BCUT2D eigenvalue weighted by Gasteiger charge is -2.62. The number of hydrogen-bond acceptors (Lipinski definition) is 4. The molecule has 0 aromatic heterocycles. The summed E-state index contributed by atoms with van der Waals surface area (Å²) in [7, 11) is 1.74. The molecule has 2 fully saturated rings. The van der Waals surface area contributed by atoms with E-state index >= 15 is 0 Å². The molecular formula is C24H27NO4. The van der Waals surface area contributed by atoms with E-state index in [1.54, 1.807) is 7.11 Å². The van der Waals surface area contributed by atoms with Gasteiger partial charge in [0.2, 0.25) is 0 Å². The molecule has 2 saturated carbocycles. The van der Waals surface area contributed by atoms with Gasteiger partial charge in [-0.15, -0.1) is 0 Å². The first kappa shape index (κ1) is 18.6. The van der Waals surface area contributed by atoms with Gasteiger partial charge in [-0.3, -0.25) is 0 Å². The van der Waals surface area contributed by atoms with Crippen LogP contribution in [0.15, 0.2) is 48.5 Å². The van der Waals surface area contributed by atoms with E-state index < -0.39 is 11.6 Å². The van der Waals surface area contributed by atoms with E-state index in [4.69, 9.17) is 9.47 Å². The molecule has 5 nitrogen and oxygen atoms in total. The van der Waals surface area contributed by atoms with Gasteiger partial charge >= 0.3 is 6.09 Å². The van der Waals surface area contributed by atoms with Crippen LogP contribution in [0.5, 0.6) is 0 Å². The Balaban J connectivity index is 1.23. The lowest BCUT2D eigenvalue weighted by molar-refractivity contribution is -0.151. The van der Waals surface area contributed by atoms with Crippen LogP contribution in [0, 0.1) is 5.41 Å². The fourth-order valence-corrected chi connectivity index (χ4v) is 5.84. The van der Waals surface area contributed by atoms with Crippen molar-refractivity contribution in [1.29, 1.82) is 0 Å². The Hall–Kier alpha value is -2.37. The predicted molar refractivity (Wildman–Crippen MR) is 110 cm³/mol. The molecule has 2 aromatic rings.